The Morgan fingerprint density at radius 2 is 1.57 bits per heavy atom. The topological polar surface area (TPSA) is 76.1 Å². The van der Waals surface area contributed by atoms with Crippen LogP contribution in [0.4, 0.5) is 5.69 Å². The third kappa shape index (κ3) is 3.44. The van der Waals surface area contributed by atoms with E-state index in [1.165, 1.54) is 5.56 Å². The number of anilines is 1. The van der Waals surface area contributed by atoms with Crippen LogP contribution >= 0.6 is 0 Å². The van der Waals surface area contributed by atoms with Crippen molar-refractivity contribution in [1.82, 2.24) is 14.8 Å². The van der Waals surface area contributed by atoms with Crippen molar-refractivity contribution in [2.75, 3.05) is 38.7 Å². The SMILES string of the molecule is CN1Cc2cc(-c3ccc(C(=O)N4CCN(C(=O)C5(O)CC5)CC4)cc3)ccc2N1. The Hall–Kier alpha value is -2.90. The fraction of sp³-hybridized carbons (Fsp3) is 0.391. The second kappa shape index (κ2) is 7.11. The summed E-state index contributed by atoms with van der Waals surface area (Å²) >= 11 is 0. The fourth-order valence-corrected chi connectivity index (χ4v) is 4.24. The summed E-state index contributed by atoms with van der Waals surface area (Å²) in [6, 6.07) is 14.1. The second-order valence-electron chi connectivity index (χ2n) is 8.53. The minimum Gasteiger partial charge on any atom is -0.380 e. The lowest BCUT2D eigenvalue weighted by molar-refractivity contribution is -0.143. The van der Waals surface area contributed by atoms with E-state index in [4.69, 9.17) is 0 Å². The molecule has 1 saturated heterocycles. The van der Waals surface area contributed by atoms with Gasteiger partial charge < -0.3 is 20.3 Å². The maximum Gasteiger partial charge on any atom is 0.254 e. The van der Waals surface area contributed by atoms with Gasteiger partial charge in [-0.2, -0.15) is 0 Å². The quantitative estimate of drug-likeness (QED) is 0.815. The number of hydrogen-bond donors (Lipinski definition) is 2. The van der Waals surface area contributed by atoms with Crippen LogP contribution in [0, 0.1) is 0 Å². The summed E-state index contributed by atoms with van der Waals surface area (Å²) in [6.45, 7) is 2.80. The molecule has 0 aromatic heterocycles. The number of carbonyl (C=O) groups is 2. The van der Waals surface area contributed by atoms with E-state index in [-0.39, 0.29) is 11.8 Å². The Kier molecular flexibility index (Phi) is 4.52. The van der Waals surface area contributed by atoms with Crippen LogP contribution in [0.1, 0.15) is 28.8 Å². The van der Waals surface area contributed by atoms with Crippen molar-refractivity contribution in [1.29, 1.82) is 0 Å². The van der Waals surface area contributed by atoms with E-state index in [0.29, 0.717) is 44.6 Å². The van der Waals surface area contributed by atoms with Gasteiger partial charge in [-0.3, -0.25) is 9.59 Å². The molecular weight excluding hydrogens is 380 g/mol. The largest absolute Gasteiger partial charge is 0.380 e. The molecule has 2 fully saturated rings. The van der Waals surface area contributed by atoms with Crippen LogP contribution in [0.25, 0.3) is 11.1 Å². The van der Waals surface area contributed by atoms with Gasteiger partial charge in [-0.1, -0.05) is 18.2 Å². The number of carbonyl (C=O) groups excluding carboxylic acids is 2. The van der Waals surface area contributed by atoms with Gasteiger partial charge in [0.2, 0.25) is 0 Å². The van der Waals surface area contributed by atoms with Gasteiger partial charge in [-0.25, -0.2) is 5.01 Å². The predicted octanol–water partition coefficient (Wildman–Crippen LogP) is 1.94. The Morgan fingerprint density at radius 3 is 2.23 bits per heavy atom. The van der Waals surface area contributed by atoms with Gasteiger partial charge in [-0.05, 0) is 53.8 Å². The van der Waals surface area contributed by atoms with Crippen molar-refractivity contribution < 1.29 is 14.7 Å². The lowest BCUT2D eigenvalue weighted by atomic mass is 10.0. The number of rotatable bonds is 3. The summed E-state index contributed by atoms with van der Waals surface area (Å²) in [5.74, 6) is -0.201. The number of hydrogen-bond acceptors (Lipinski definition) is 5. The van der Waals surface area contributed by atoms with Crippen LogP contribution in [0.15, 0.2) is 42.5 Å². The summed E-state index contributed by atoms with van der Waals surface area (Å²) in [5.41, 5.74) is 7.44. The van der Waals surface area contributed by atoms with E-state index >= 15 is 0 Å². The summed E-state index contributed by atoms with van der Waals surface area (Å²) in [6.07, 6.45) is 1.10. The first-order chi connectivity index (χ1) is 14.4. The zero-order valence-electron chi connectivity index (χ0n) is 17.1. The molecule has 1 saturated carbocycles. The third-order valence-corrected chi connectivity index (χ3v) is 6.27. The van der Waals surface area contributed by atoms with Gasteiger partial charge >= 0.3 is 0 Å². The molecule has 156 valence electrons. The van der Waals surface area contributed by atoms with Gasteiger partial charge in [0.05, 0.1) is 5.69 Å². The van der Waals surface area contributed by atoms with Crippen LogP contribution in [0.5, 0.6) is 0 Å². The summed E-state index contributed by atoms with van der Waals surface area (Å²) in [5, 5.41) is 12.1. The number of piperazine rings is 1. The van der Waals surface area contributed by atoms with Gasteiger partial charge in [0.25, 0.3) is 11.8 Å². The average Bonchev–Trinajstić information content (AvgIpc) is 3.41. The molecule has 3 aliphatic rings. The summed E-state index contributed by atoms with van der Waals surface area (Å²) < 4.78 is 0. The maximum absolute atomic E-state index is 12.9. The molecule has 0 unspecified atom stereocenters. The van der Waals surface area contributed by atoms with Crippen molar-refractivity contribution in [3.8, 4) is 11.1 Å². The Morgan fingerprint density at radius 1 is 0.933 bits per heavy atom. The van der Waals surface area contributed by atoms with Crippen LogP contribution in [-0.2, 0) is 11.3 Å². The third-order valence-electron chi connectivity index (χ3n) is 6.27. The monoisotopic (exact) mass is 406 g/mol. The number of fused-ring (bicyclic) bond motifs is 1. The van der Waals surface area contributed by atoms with E-state index in [1.54, 1.807) is 9.80 Å². The van der Waals surface area contributed by atoms with Crippen LogP contribution in [0.3, 0.4) is 0 Å². The molecular formula is C23H26N4O3. The maximum atomic E-state index is 12.9. The van der Waals surface area contributed by atoms with Crippen molar-refractivity contribution >= 4 is 17.5 Å². The molecule has 7 nitrogen and oxygen atoms in total. The number of nitrogens with zero attached hydrogens (tertiary/aromatic N) is 3. The summed E-state index contributed by atoms with van der Waals surface area (Å²) in [7, 11) is 2.02. The van der Waals surface area contributed by atoms with Crippen molar-refractivity contribution in [2.24, 2.45) is 0 Å². The van der Waals surface area contributed by atoms with Gasteiger partial charge in [0.15, 0.2) is 0 Å². The van der Waals surface area contributed by atoms with Crippen molar-refractivity contribution in [3.63, 3.8) is 0 Å². The molecule has 0 radical (unpaired) electrons. The predicted molar refractivity (Wildman–Crippen MR) is 114 cm³/mol. The number of aliphatic hydroxyl groups is 1. The van der Waals surface area contributed by atoms with Crippen LogP contribution in [-0.4, -0.2) is 70.6 Å². The van der Waals surface area contributed by atoms with Crippen molar-refractivity contribution in [2.45, 2.75) is 25.0 Å². The van der Waals surface area contributed by atoms with E-state index in [1.807, 2.05) is 31.3 Å². The molecule has 0 spiro atoms. The zero-order valence-corrected chi connectivity index (χ0v) is 17.1. The molecule has 30 heavy (non-hydrogen) atoms. The molecule has 0 bridgehead atoms. The zero-order chi connectivity index (χ0) is 20.9. The smallest absolute Gasteiger partial charge is 0.254 e. The minimum absolute atomic E-state index is 0.0152. The first kappa shape index (κ1) is 19.1. The molecule has 2 heterocycles. The second-order valence-corrected chi connectivity index (χ2v) is 8.53. The summed E-state index contributed by atoms with van der Waals surface area (Å²) in [4.78, 5) is 28.6. The molecule has 2 aromatic carbocycles. The number of nitrogens with one attached hydrogen (secondary N) is 1. The molecule has 0 atom stereocenters. The lowest BCUT2D eigenvalue weighted by Crippen LogP contribution is -2.53. The Labute approximate surface area is 175 Å². The van der Waals surface area contributed by atoms with Gasteiger partial charge in [0.1, 0.15) is 5.60 Å². The van der Waals surface area contributed by atoms with E-state index < -0.39 is 5.60 Å². The van der Waals surface area contributed by atoms with Crippen molar-refractivity contribution in [3.05, 3.63) is 53.6 Å². The van der Waals surface area contributed by atoms with Crippen LogP contribution < -0.4 is 5.43 Å². The fourth-order valence-electron chi connectivity index (χ4n) is 4.24. The minimum atomic E-state index is -1.13. The van der Waals surface area contributed by atoms with E-state index in [9.17, 15) is 14.7 Å². The van der Waals surface area contributed by atoms with E-state index in [0.717, 1.165) is 23.4 Å². The normalized spacial score (nSPS) is 19.9. The molecule has 7 heteroatoms. The number of benzene rings is 2. The highest BCUT2D eigenvalue weighted by molar-refractivity contribution is 5.95. The first-order valence-corrected chi connectivity index (χ1v) is 10.5. The Balaban J connectivity index is 1.23. The number of hydrazine groups is 1. The standard InChI is InChI=1S/C23H26N4O3/c1-25-15-19-14-18(6-7-20(19)24-25)16-2-4-17(5-3-16)21(28)26-10-12-27(13-11-26)22(29)23(30)8-9-23/h2-7,14,24,30H,8-13,15H2,1H3. The number of amides is 2. The lowest BCUT2D eigenvalue weighted by Gasteiger charge is -2.35. The van der Waals surface area contributed by atoms with E-state index in [2.05, 4.69) is 28.6 Å². The molecule has 1 aliphatic carbocycles. The Bertz CT molecular complexity index is 992. The molecule has 2 amide bonds. The highest BCUT2D eigenvalue weighted by atomic mass is 16.3. The highest BCUT2D eigenvalue weighted by Gasteiger charge is 2.50. The molecule has 2 aromatic rings. The van der Waals surface area contributed by atoms with Crippen LogP contribution in [0.2, 0.25) is 0 Å². The average molecular weight is 406 g/mol. The first-order valence-electron chi connectivity index (χ1n) is 10.5. The van der Waals surface area contributed by atoms with Gasteiger partial charge in [-0.15, -0.1) is 0 Å². The molecule has 5 rings (SSSR count). The highest BCUT2D eigenvalue weighted by Crippen LogP contribution is 2.37. The molecule has 2 N–H and O–H groups in total. The molecule has 2 aliphatic heterocycles. The van der Waals surface area contributed by atoms with Gasteiger partial charge in [0, 0.05) is 45.3 Å².